The number of carboxylic acids is 1. The van der Waals surface area contributed by atoms with Gasteiger partial charge in [0, 0.05) is 12.8 Å². The minimum absolute atomic E-state index is 0.173. The van der Waals surface area contributed by atoms with Crippen molar-refractivity contribution >= 4 is 29.4 Å². The van der Waals surface area contributed by atoms with Gasteiger partial charge in [0.15, 0.2) is 11.6 Å². The van der Waals surface area contributed by atoms with E-state index in [2.05, 4.69) is 20.9 Å². The second kappa shape index (κ2) is 13.1. The number of hydrogen-bond acceptors (Lipinski definition) is 8. The Balaban J connectivity index is 5.07. The van der Waals surface area contributed by atoms with Crippen LogP contribution in [-0.2, 0) is 24.0 Å². The Kier molecular flexibility index (Phi) is 11.7. The lowest BCUT2D eigenvalue weighted by molar-refractivity contribution is -0.142. The minimum Gasteiger partial charge on any atom is -0.712 e. The number of aliphatic carboxylic acids is 1. The van der Waals surface area contributed by atoms with E-state index < -0.39 is 60.6 Å². The van der Waals surface area contributed by atoms with Crippen LogP contribution >= 0.6 is 0 Å². The highest BCUT2D eigenvalue weighted by Crippen LogP contribution is 2.05. The highest BCUT2D eigenvalue weighted by molar-refractivity contribution is 5.92. The Bertz CT molecular complexity index is 622. The van der Waals surface area contributed by atoms with Gasteiger partial charge in [0.1, 0.15) is 12.1 Å². The van der Waals surface area contributed by atoms with Gasteiger partial charge >= 0.3 is 5.97 Å². The van der Waals surface area contributed by atoms with Crippen LogP contribution in [0.5, 0.6) is 0 Å². The third-order valence-electron chi connectivity index (χ3n) is 3.58. The van der Waals surface area contributed by atoms with Crippen molar-refractivity contribution in [3.05, 3.63) is 11.1 Å². The summed E-state index contributed by atoms with van der Waals surface area (Å²) in [4.78, 5) is 58.3. The fourth-order valence-corrected chi connectivity index (χ4v) is 2.03. The van der Waals surface area contributed by atoms with Crippen molar-refractivity contribution in [2.24, 2.45) is 16.0 Å². The van der Waals surface area contributed by atoms with Gasteiger partial charge < -0.3 is 42.8 Å². The third kappa shape index (κ3) is 10.2. The van der Waals surface area contributed by atoms with Gasteiger partial charge in [0.25, 0.3) is 0 Å². The molecule has 0 saturated heterocycles. The molecule has 156 valence electrons. The predicted molar refractivity (Wildman–Crippen MR) is 94.9 cm³/mol. The first-order valence-electron chi connectivity index (χ1n) is 8.36. The Labute approximate surface area is 160 Å². The first-order chi connectivity index (χ1) is 13.1. The molecule has 0 bridgehead atoms. The number of hydrogen-bond donors (Lipinski definition) is 4. The molecule has 28 heavy (non-hydrogen) atoms. The van der Waals surface area contributed by atoms with Crippen molar-refractivity contribution in [3.63, 3.8) is 0 Å². The molecular weight excluding hydrogens is 374 g/mol. The molecule has 2 amide bonds. The molecule has 0 fully saturated rings. The fraction of sp³-hybridized carbons (Fsp3) is 0.667. The molecule has 0 spiro atoms. The minimum atomic E-state index is -1.44. The lowest BCUT2D eigenvalue weighted by Gasteiger charge is -2.22. The zero-order valence-electron chi connectivity index (χ0n) is 15.3. The Hall–Kier alpha value is -3.09. The molecule has 0 aromatic rings. The number of nitrogens with one attached hydrogen (secondary N) is 2. The van der Waals surface area contributed by atoms with Gasteiger partial charge in [-0.15, -0.1) is 0 Å². The standard InChI is InChI=1S/C15H23N7O6/c1-8(16)13(25)21-11(4-2-9(23)6-19-17)14(26)22-12(15(27)28)5-3-10(24)7-20-18/h8,11-12H,2-7,16H2,1H3,(H,21,25)(H,22,26)(H,27,28)/q-2/t8-,11+,12+/m1/s1. The van der Waals surface area contributed by atoms with Crippen LogP contribution in [0.2, 0.25) is 0 Å². The molecule has 3 atom stereocenters. The number of carbonyl (C=O) groups excluding carboxylic acids is 4. The van der Waals surface area contributed by atoms with E-state index in [0.29, 0.717) is 0 Å². The number of ketones is 2. The summed E-state index contributed by atoms with van der Waals surface area (Å²) in [5.41, 5.74) is 22.1. The third-order valence-corrected chi connectivity index (χ3v) is 3.58. The molecule has 0 unspecified atom stereocenters. The van der Waals surface area contributed by atoms with Crippen LogP contribution < -0.4 is 16.4 Å². The second-order valence-corrected chi connectivity index (χ2v) is 6.00. The summed E-state index contributed by atoms with van der Waals surface area (Å²) < 4.78 is 0. The molecule has 13 nitrogen and oxygen atoms in total. The normalized spacial score (nSPS) is 13.5. The quantitative estimate of drug-likeness (QED) is 0.255. The number of carboxylic acid groups (broad SMARTS) is 1. The summed E-state index contributed by atoms with van der Waals surface area (Å²) in [5, 5.41) is 19.0. The molecule has 0 heterocycles. The van der Waals surface area contributed by atoms with Gasteiger partial charge in [-0.1, -0.05) is 0 Å². The second-order valence-electron chi connectivity index (χ2n) is 6.00. The first-order valence-corrected chi connectivity index (χ1v) is 8.36. The number of Topliss-reactive ketones (excluding diaryl/α,β-unsaturated/α-hetero) is 2. The molecule has 5 N–H and O–H groups in total. The summed E-state index contributed by atoms with van der Waals surface area (Å²) >= 11 is 0. The van der Waals surface area contributed by atoms with Crippen molar-refractivity contribution in [2.45, 2.75) is 50.7 Å². The van der Waals surface area contributed by atoms with E-state index in [0.717, 1.165) is 0 Å². The number of amides is 2. The van der Waals surface area contributed by atoms with E-state index in [1.165, 1.54) is 6.92 Å². The van der Waals surface area contributed by atoms with Gasteiger partial charge in [-0.05, 0) is 19.8 Å². The van der Waals surface area contributed by atoms with Crippen molar-refractivity contribution < 1.29 is 29.1 Å². The van der Waals surface area contributed by atoms with Crippen molar-refractivity contribution in [1.82, 2.24) is 10.6 Å². The van der Waals surface area contributed by atoms with Crippen LogP contribution in [0.4, 0.5) is 0 Å². The molecular formula is C15H23N7O6-2. The summed E-state index contributed by atoms with van der Waals surface area (Å²) in [7, 11) is 0. The monoisotopic (exact) mass is 397 g/mol. The molecule has 0 aromatic heterocycles. The van der Waals surface area contributed by atoms with E-state index in [-0.39, 0.29) is 25.7 Å². The molecule has 0 saturated carbocycles. The fourth-order valence-electron chi connectivity index (χ4n) is 2.03. The summed E-state index contributed by atoms with van der Waals surface area (Å²) in [5.74, 6) is -4.00. The van der Waals surface area contributed by atoms with Gasteiger partial charge in [-0.25, -0.2) is 4.79 Å². The highest BCUT2D eigenvalue weighted by Gasteiger charge is 2.27. The van der Waals surface area contributed by atoms with Crippen molar-refractivity contribution in [2.75, 3.05) is 13.1 Å². The van der Waals surface area contributed by atoms with E-state index >= 15 is 0 Å². The lowest BCUT2D eigenvalue weighted by Crippen LogP contribution is -2.54. The zero-order chi connectivity index (χ0) is 21.7. The Morgan fingerprint density at radius 3 is 1.71 bits per heavy atom. The van der Waals surface area contributed by atoms with Gasteiger partial charge in [-0.3, -0.25) is 19.2 Å². The average molecular weight is 397 g/mol. The van der Waals surface area contributed by atoms with Crippen LogP contribution in [0.3, 0.4) is 0 Å². The summed E-state index contributed by atoms with van der Waals surface area (Å²) in [6.07, 6.45) is -0.900. The van der Waals surface area contributed by atoms with Gasteiger partial charge in [-0.2, -0.15) is 0 Å². The van der Waals surface area contributed by atoms with Crippen molar-refractivity contribution in [1.29, 1.82) is 0 Å². The number of rotatable bonds is 15. The van der Waals surface area contributed by atoms with Gasteiger partial charge in [0.05, 0.1) is 19.1 Å². The van der Waals surface area contributed by atoms with Crippen LogP contribution in [0.15, 0.2) is 10.2 Å². The highest BCUT2D eigenvalue weighted by atomic mass is 16.4. The van der Waals surface area contributed by atoms with Crippen LogP contribution in [0.1, 0.15) is 32.6 Å². The predicted octanol–water partition coefficient (Wildman–Crippen LogP) is -0.870. The number of nitrogens with two attached hydrogens (primary N) is 1. The zero-order valence-corrected chi connectivity index (χ0v) is 15.3. The van der Waals surface area contributed by atoms with Crippen LogP contribution in [0.25, 0.3) is 11.1 Å². The van der Waals surface area contributed by atoms with Crippen LogP contribution in [-0.4, -0.2) is 65.7 Å². The molecule has 0 aliphatic carbocycles. The topological polar surface area (TPSA) is 225 Å². The lowest BCUT2D eigenvalue weighted by atomic mass is 10.0. The molecule has 13 heteroatoms. The number of carbonyl (C=O) groups is 5. The SMILES string of the molecule is C[C@@H](N)C(=O)N[C@@H](CCC(=O)CN=[N-])C(=O)N[C@@H](CCC(=O)CN=[N-])C(=O)O. The first kappa shape index (κ1) is 24.9. The average Bonchev–Trinajstić information content (AvgIpc) is 2.61. The van der Waals surface area contributed by atoms with Gasteiger partial charge in [0.2, 0.25) is 11.8 Å². The maximum absolute atomic E-state index is 12.4. The summed E-state index contributed by atoms with van der Waals surface area (Å²) in [6, 6.07) is -3.65. The largest absolute Gasteiger partial charge is 0.712 e. The Morgan fingerprint density at radius 2 is 1.32 bits per heavy atom. The molecule has 0 aliphatic heterocycles. The maximum Gasteiger partial charge on any atom is 0.326 e. The summed E-state index contributed by atoms with van der Waals surface area (Å²) in [6.45, 7) is 0.398. The smallest absolute Gasteiger partial charge is 0.326 e. The Morgan fingerprint density at radius 1 is 0.893 bits per heavy atom. The molecule has 0 aliphatic rings. The molecule has 0 aromatic carbocycles. The van der Waals surface area contributed by atoms with E-state index in [9.17, 15) is 29.1 Å². The van der Waals surface area contributed by atoms with E-state index in [4.69, 9.17) is 16.8 Å². The van der Waals surface area contributed by atoms with E-state index in [1.807, 2.05) is 0 Å². The number of nitrogens with zero attached hydrogens (tertiary/aromatic N) is 4. The van der Waals surface area contributed by atoms with Crippen LogP contribution in [0, 0.1) is 0 Å². The maximum atomic E-state index is 12.4. The van der Waals surface area contributed by atoms with Crippen molar-refractivity contribution in [3.8, 4) is 0 Å². The molecule has 0 rings (SSSR count). The molecule has 0 radical (unpaired) electrons. The van der Waals surface area contributed by atoms with E-state index in [1.54, 1.807) is 0 Å².